The third kappa shape index (κ3) is 2.11. The molecule has 1 aromatic heterocycles. The molecule has 102 valence electrons. The maximum Gasteiger partial charge on any atom is 0.148 e. The van der Waals surface area contributed by atoms with Gasteiger partial charge in [-0.25, -0.2) is 13.8 Å². The smallest absolute Gasteiger partial charge is 0.148 e. The molecule has 0 radical (unpaired) electrons. The Morgan fingerprint density at radius 1 is 1.15 bits per heavy atom. The second-order valence-electron chi connectivity index (χ2n) is 4.20. The van der Waals surface area contributed by atoms with Gasteiger partial charge in [0.2, 0.25) is 0 Å². The van der Waals surface area contributed by atoms with Crippen molar-refractivity contribution in [3.8, 4) is 5.69 Å². The van der Waals surface area contributed by atoms with E-state index in [-0.39, 0.29) is 16.0 Å². The highest BCUT2D eigenvalue weighted by molar-refractivity contribution is 9.10. The van der Waals surface area contributed by atoms with Gasteiger partial charge in [0.1, 0.15) is 17.5 Å². The van der Waals surface area contributed by atoms with Gasteiger partial charge in [-0.05, 0) is 34.1 Å². The minimum absolute atomic E-state index is 0.0793. The van der Waals surface area contributed by atoms with Crippen LogP contribution in [-0.4, -0.2) is 9.55 Å². The van der Waals surface area contributed by atoms with E-state index in [9.17, 15) is 8.78 Å². The van der Waals surface area contributed by atoms with Crippen molar-refractivity contribution < 1.29 is 8.78 Å². The highest BCUT2D eigenvalue weighted by atomic mass is 79.9. The zero-order valence-corrected chi connectivity index (χ0v) is 12.4. The Hall–Kier alpha value is -1.46. The predicted octanol–water partition coefficient (Wildman–Crippen LogP) is 4.81. The quantitative estimate of drug-likeness (QED) is 0.475. The van der Waals surface area contributed by atoms with Crippen molar-refractivity contribution in [2.75, 3.05) is 0 Å². The number of aromatic nitrogens is 2. The summed E-state index contributed by atoms with van der Waals surface area (Å²) >= 11 is 8.83. The summed E-state index contributed by atoms with van der Waals surface area (Å²) in [5, 5.41) is 0. The summed E-state index contributed by atoms with van der Waals surface area (Å²) in [7, 11) is 0. The molecule has 0 spiro atoms. The van der Waals surface area contributed by atoms with Gasteiger partial charge < -0.3 is 0 Å². The lowest BCUT2D eigenvalue weighted by atomic mass is 10.2. The van der Waals surface area contributed by atoms with Gasteiger partial charge in [-0.1, -0.05) is 12.1 Å². The first-order valence-electron chi connectivity index (χ1n) is 5.79. The van der Waals surface area contributed by atoms with Crippen LogP contribution < -0.4 is 0 Å². The van der Waals surface area contributed by atoms with Crippen molar-refractivity contribution in [2.24, 2.45) is 0 Å². The predicted molar refractivity (Wildman–Crippen MR) is 78.2 cm³/mol. The van der Waals surface area contributed by atoms with Crippen LogP contribution in [0.25, 0.3) is 16.7 Å². The van der Waals surface area contributed by atoms with Crippen LogP contribution in [0.2, 0.25) is 0 Å². The number of alkyl halides is 1. The summed E-state index contributed by atoms with van der Waals surface area (Å²) in [6, 6.07) is 9.45. The second-order valence-corrected chi connectivity index (χ2v) is 5.33. The van der Waals surface area contributed by atoms with Crippen LogP contribution in [0.4, 0.5) is 8.78 Å². The number of hydrogen-bond acceptors (Lipinski definition) is 1. The van der Waals surface area contributed by atoms with E-state index in [2.05, 4.69) is 20.9 Å². The molecule has 1 heterocycles. The van der Waals surface area contributed by atoms with E-state index in [0.717, 1.165) is 12.1 Å². The molecule has 0 aliphatic carbocycles. The summed E-state index contributed by atoms with van der Waals surface area (Å²) in [5.41, 5.74) is 1.46. The minimum Gasteiger partial charge on any atom is -0.292 e. The average Bonchev–Trinajstić information content (AvgIpc) is 2.81. The van der Waals surface area contributed by atoms with Gasteiger partial charge in [0.05, 0.1) is 27.1 Å². The maximum atomic E-state index is 14.1. The van der Waals surface area contributed by atoms with Crippen LogP contribution in [0.3, 0.4) is 0 Å². The molecule has 3 rings (SSSR count). The third-order valence-electron chi connectivity index (χ3n) is 2.98. The highest BCUT2D eigenvalue weighted by Crippen LogP contribution is 2.27. The number of hydrogen-bond donors (Lipinski definition) is 0. The van der Waals surface area contributed by atoms with Gasteiger partial charge in [-0.15, -0.1) is 11.6 Å². The van der Waals surface area contributed by atoms with Crippen molar-refractivity contribution >= 4 is 38.6 Å². The van der Waals surface area contributed by atoms with Crippen LogP contribution in [0.15, 0.2) is 40.9 Å². The van der Waals surface area contributed by atoms with E-state index in [1.54, 1.807) is 12.1 Å². The molecule has 0 atom stereocenters. The molecule has 20 heavy (non-hydrogen) atoms. The number of halogens is 4. The first-order valence-corrected chi connectivity index (χ1v) is 7.12. The molecule has 3 aromatic rings. The average molecular weight is 358 g/mol. The van der Waals surface area contributed by atoms with E-state index < -0.39 is 11.6 Å². The lowest BCUT2D eigenvalue weighted by molar-refractivity contribution is 0.587. The fourth-order valence-corrected chi connectivity index (χ4v) is 2.61. The molecular weight excluding hydrogens is 350 g/mol. The monoisotopic (exact) mass is 356 g/mol. The van der Waals surface area contributed by atoms with Gasteiger partial charge in [-0.3, -0.25) is 4.57 Å². The Kier molecular flexibility index (Phi) is 3.48. The lowest BCUT2D eigenvalue weighted by Crippen LogP contribution is -2.03. The van der Waals surface area contributed by atoms with E-state index in [0.29, 0.717) is 16.9 Å². The van der Waals surface area contributed by atoms with Crippen molar-refractivity contribution in [3.63, 3.8) is 0 Å². The van der Waals surface area contributed by atoms with Crippen LogP contribution >= 0.6 is 27.5 Å². The lowest BCUT2D eigenvalue weighted by Gasteiger charge is -2.10. The normalized spacial score (nSPS) is 11.2. The van der Waals surface area contributed by atoms with E-state index in [1.165, 1.54) is 4.57 Å². The molecule has 2 aromatic carbocycles. The summed E-state index contributed by atoms with van der Waals surface area (Å²) < 4.78 is 29.5. The van der Waals surface area contributed by atoms with Crippen molar-refractivity contribution in [3.05, 3.63) is 58.3 Å². The zero-order chi connectivity index (χ0) is 14.3. The molecule has 0 unspecified atom stereocenters. The van der Waals surface area contributed by atoms with E-state index >= 15 is 0 Å². The van der Waals surface area contributed by atoms with Crippen LogP contribution in [-0.2, 0) is 5.88 Å². The zero-order valence-electron chi connectivity index (χ0n) is 10.1. The van der Waals surface area contributed by atoms with E-state index in [4.69, 9.17) is 11.6 Å². The van der Waals surface area contributed by atoms with Crippen molar-refractivity contribution in [1.82, 2.24) is 9.55 Å². The fraction of sp³-hybridized carbons (Fsp3) is 0.0714. The number of fused-ring (bicyclic) bond motifs is 1. The van der Waals surface area contributed by atoms with Crippen LogP contribution in [0, 0.1) is 11.6 Å². The molecular formula is C14H8BrClF2N2. The number of rotatable bonds is 2. The SMILES string of the molecule is Fc1cc(-n2c(CCl)nc3ccccc32)c(F)cc1Br. The fourth-order valence-electron chi connectivity index (χ4n) is 2.12. The largest absolute Gasteiger partial charge is 0.292 e. The van der Waals surface area contributed by atoms with Gasteiger partial charge >= 0.3 is 0 Å². The first-order chi connectivity index (χ1) is 9.61. The van der Waals surface area contributed by atoms with Gasteiger partial charge in [-0.2, -0.15) is 0 Å². The van der Waals surface area contributed by atoms with Gasteiger partial charge in [0.15, 0.2) is 0 Å². The molecule has 0 saturated carbocycles. The van der Waals surface area contributed by atoms with Crippen LogP contribution in [0.1, 0.15) is 5.82 Å². The summed E-state index contributed by atoms with van der Waals surface area (Å²) in [6.07, 6.45) is 0. The van der Waals surface area contributed by atoms with Gasteiger partial charge in [0.25, 0.3) is 0 Å². The minimum atomic E-state index is -0.548. The Labute approximate surface area is 127 Å². The highest BCUT2D eigenvalue weighted by Gasteiger charge is 2.16. The van der Waals surface area contributed by atoms with Crippen molar-refractivity contribution in [1.29, 1.82) is 0 Å². The molecule has 6 heteroatoms. The molecule has 0 fully saturated rings. The number of benzene rings is 2. The molecule has 0 N–H and O–H groups in total. The number of nitrogens with zero attached hydrogens (tertiary/aromatic N) is 2. The topological polar surface area (TPSA) is 17.8 Å². The van der Waals surface area contributed by atoms with Crippen molar-refractivity contribution in [2.45, 2.75) is 5.88 Å². The molecule has 0 aliphatic heterocycles. The summed E-state index contributed by atoms with van der Waals surface area (Å²) in [4.78, 5) is 4.33. The Balaban J connectivity index is 2.36. The Morgan fingerprint density at radius 2 is 1.90 bits per heavy atom. The number of para-hydroxylation sites is 2. The van der Waals surface area contributed by atoms with Crippen LogP contribution in [0.5, 0.6) is 0 Å². The summed E-state index contributed by atoms with van der Waals surface area (Å²) in [5.74, 6) is -0.521. The number of imidazole rings is 1. The summed E-state index contributed by atoms with van der Waals surface area (Å²) in [6.45, 7) is 0. The Morgan fingerprint density at radius 3 is 2.65 bits per heavy atom. The Bertz CT molecular complexity index is 801. The molecule has 0 amide bonds. The third-order valence-corrected chi connectivity index (χ3v) is 3.83. The molecule has 0 saturated heterocycles. The first kappa shape index (κ1) is 13.5. The molecule has 0 bridgehead atoms. The molecule has 0 aliphatic rings. The second kappa shape index (κ2) is 5.14. The standard InChI is InChI=1S/C14H8BrClF2N2/c15-8-5-10(18)13(6-9(8)17)20-12-4-2-1-3-11(12)19-14(20)7-16/h1-6H,7H2. The molecule has 2 nitrogen and oxygen atoms in total. The van der Waals surface area contributed by atoms with Gasteiger partial charge in [0, 0.05) is 6.07 Å². The van der Waals surface area contributed by atoms with E-state index in [1.807, 2.05) is 12.1 Å². The maximum absolute atomic E-state index is 14.1.